The van der Waals surface area contributed by atoms with E-state index in [9.17, 15) is 9.59 Å². The molecule has 0 saturated carbocycles. The molecule has 1 aliphatic rings. The van der Waals surface area contributed by atoms with Crippen LogP contribution >= 0.6 is 0 Å². The molecule has 4 heterocycles. The molecule has 3 aromatic rings. The van der Waals surface area contributed by atoms with Crippen molar-refractivity contribution in [2.24, 2.45) is 5.73 Å². The van der Waals surface area contributed by atoms with E-state index < -0.39 is 5.91 Å². The van der Waals surface area contributed by atoms with E-state index in [0.29, 0.717) is 24.3 Å². The van der Waals surface area contributed by atoms with E-state index in [2.05, 4.69) is 42.2 Å². The number of nitrogens with zero attached hydrogens (tertiary/aromatic N) is 7. The number of aryl methyl sites for hydroxylation is 2. The summed E-state index contributed by atoms with van der Waals surface area (Å²) in [7, 11) is 0. The summed E-state index contributed by atoms with van der Waals surface area (Å²) in [6, 6.07) is 0.0621. The maximum atomic E-state index is 12.0. The second kappa shape index (κ2) is 10.3. The zero-order valence-electron chi connectivity index (χ0n) is 19.7. The Hall–Kier alpha value is -4.35. The van der Waals surface area contributed by atoms with Crippen molar-refractivity contribution in [2.75, 3.05) is 23.7 Å². The minimum Gasteiger partial charge on any atom is -0.365 e. The lowest BCUT2D eigenvalue weighted by atomic mass is 10.1. The van der Waals surface area contributed by atoms with Crippen LogP contribution in [0, 0.1) is 6.92 Å². The van der Waals surface area contributed by atoms with Gasteiger partial charge in [-0.25, -0.2) is 15.0 Å². The largest absolute Gasteiger partial charge is 0.365 e. The van der Waals surface area contributed by atoms with Crippen LogP contribution in [0.5, 0.6) is 0 Å². The van der Waals surface area contributed by atoms with Gasteiger partial charge >= 0.3 is 0 Å². The molecule has 3 aromatic heterocycles. The summed E-state index contributed by atoms with van der Waals surface area (Å²) >= 11 is 0. The van der Waals surface area contributed by atoms with Gasteiger partial charge in [0.2, 0.25) is 11.9 Å². The first-order valence-electron chi connectivity index (χ1n) is 11.4. The van der Waals surface area contributed by atoms with Crippen molar-refractivity contribution in [3.8, 4) is 0 Å². The van der Waals surface area contributed by atoms with Crippen molar-refractivity contribution in [2.45, 2.75) is 39.2 Å². The highest BCUT2D eigenvalue weighted by atomic mass is 16.2. The van der Waals surface area contributed by atoms with Gasteiger partial charge in [-0.1, -0.05) is 13.5 Å². The van der Waals surface area contributed by atoms with E-state index in [1.807, 2.05) is 24.7 Å². The van der Waals surface area contributed by atoms with Gasteiger partial charge in [-0.2, -0.15) is 10.1 Å². The number of nitrogens with two attached hydrogens (primary N) is 1. The third kappa shape index (κ3) is 5.26. The topological polar surface area (TPSA) is 157 Å². The van der Waals surface area contributed by atoms with Crippen molar-refractivity contribution < 1.29 is 9.59 Å². The molecule has 4 N–H and O–H groups in total. The maximum Gasteiger partial charge on any atom is 0.254 e. The first-order valence-corrected chi connectivity index (χ1v) is 11.4. The van der Waals surface area contributed by atoms with Gasteiger partial charge in [0.05, 0.1) is 35.0 Å². The first kappa shape index (κ1) is 23.8. The van der Waals surface area contributed by atoms with Crippen LogP contribution in [0.3, 0.4) is 0 Å². The molecule has 0 aromatic carbocycles. The number of carbonyl (C=O) groups is 2. The average Bonchev–Trinajstić information content (AvgIpc) is 3.33. The Morgan fingerprint density at radius 1 is 1.26 bits per heavy atom. The normalized spacial score (nSPS) is 15.5. The Morgan fingerprint density at radius 3 is 2.83 bits per heavy atom. The van der Waals surface area contributed by atoms with E-state index in [0.717, 1.165) is 30.8 Å². The minimum atomic E-state index is -0.657. The molecule has 4 rings (SSSR count). The fraction of sp³-hybridized carbons (Fsp3) is 0.348. The number of piperidine rings is 1. The van der Waals surface area contributed by atoms with Crippen molar-refractivity contribution >= 4 is 35.0 Å². The predicted octanol–water partition coefficient (Wildman–Crippen LogP) is 2.27. The summed E-state index contributed by atoms with van der Waals surface area (Å²) in [6.07, 6.45) is 10.2. The van der Waals surface area contributed by atoms with Gasteiger partial charge in [0.25, 0.3) is 5.91 Å². The molecular weight excluding hydrogens is 448 g/mol. The highest BCUT2D eigenvalue weighted by Gasteiger charge is 2.24. The van der Waals surface area contributed by atoms with Crippen molar-refractivity contribution in [3.63, 3.8) is 0 Å². The van der Waals surface area contributed by atoms with Gasteiger partial charge in [-0.05, 0) is 32.3 Å². The number of amides is 2. The summed E-state index contributed by atoms with van der Waals surface area (Å²) in [4.78, 5) is 43.0. The van der Waals surface area contributed by atoms with Crippen molar-refractivity contribution in [1.82, 2.24) is 34.6 Å². The SMILES string of the molecule is C=CC(=O)N1CCC[C@@H](n2cc(Nc3ncc(C(N)=O)c(Nc4c(C)ncnc4CC)n3)cn2)C1. The molecule has 1 saturated heterocycles. The minimum absolute atomic E-state index is 0.0621. The van der Waals surface area contributed by atoms with Crippen LogP contribution in [0.15, 0.2) is 37.6 Å². The van der Waals surface area contributed by atoms with Crippen LogP contribution in [-0.4, -0.2) is 59.5 Å². The van der Waals surface area contributed by atoms with Gasteiger partial charge in [-0.15, -0.1) is 0 Å². The third-order valence-electron chi connectivity index (χ3n) is 5.86. The molecule has 0 radical (unpaired) electrons. The Bertz CT molecular complexity index is 1250. The quantitative estimate of drug-likeness (QED) is 0.415. The summed E-state index contributed by atoms with van der Waals surface area (Å²) in [6.45, 7) is 8.68. The van der Waals surface area contributed by atoms with Crippen LogP contribution in [-0.2, 0) is 11.2 Å². The number of anilines is 4. The fourth-order valence-electron chi connectivity index (χ4n) is 4.02. The monoisotopic (exact) mass is 476 g/mol. The molecule has 2 amide bonds. The summed E-state index contributed by atoms with van der Waals surface area (Å²) in [5, 5.41) is 10.7. The van der Waals surface area contributed by atoms with Gasteiger partial charge in [0.1, 0.15) is 17.7 Å². The lowest BCUT2D eigenvalue weighted by Gasteiger charge is -2.32. The van der Waals surface area contributed by atoms with E-state index in [1.165, 1.54) is 18.6 Å². The Morgan fingerprint density at radius 2 is 2.09 bits per heavy atom. The molecule has 0 aliphatic carbocycles. The second-order valence-corrected chi connectivity index (χ2v) is 8.20. The average molecular weight is 477 g/mol. The molecule has 12 nitrogen and oxygen atoms in total. The molecule has 1 fully saturated rings. The molecule has 1 atom stereocenters. The summed E-state index contributed by atoms with van der Waals surface area (Å²) in [5.41, 5.74) is 8.55. The van der Waals surface area contributed by atoms with E-state index in [-0.39, 0.29) is 29.3 Å². The molecule has 1 aliphatic heterocycles. The van der Waals surface area contributed by atoms with Crippen molar-refractivity contribution in [3.05, 3.63) is 54.5 Å². The third-order valence-corrected chi connectivity index (χ3v) is 5.86. The van der Waals surface area contributed by atoms with E-state index in [1.54, 1.807) is 11.1 Å². The van der Waals surface area contributed by atoms with Crippen LogP contribution < -0.4 is 16.4 Å². The Balaban J connectivity index is 1.55. The van der Waals surface area contributed by atoms with E-state index in [4.69, 9.17) is 5.73 Å². The molecule has 12 heteroatoms. The van der Waals surface area contributed by atoms with Gasteiger partial charge in [0.15, 0.2) is 0 Å². The number of aromatic nitrogens is 6. The predicted molar refractivity (Wildman–Crippen MR) is 131 cm³/mol. The van der Waals surface area contributed by atoms with Gasteiger partial charge < -0.3 is 21.3 Å². The highest BCUT2D eigenvalue weighted by molar-refractivity contribution is 5.98. The lowest BCUT2D eigenvalue weighted by molar-refractivity contribution is -0.127. The number of likely N-dealkylation sites (tertiary alicyclic amines) is 1. The van der Waals surface area contributed by atoms with Crippen LogP contribution in [0.2, 0.25) is 0 Å². The molecule has 0 spiro atoms. The Labute approximate surface area is 202 Å². The number of hydrogen-bond donors (Lipinski definition) is 3. The summed E-state index contributed by atoms with van der Waals surface area (Å²) < 4.78 is 1.83. The van der Waals surface area contributed by atoms with Gasteiger partial charge in [-0.3, -0.25) is 14.3 Å². The lowest BCUT2D eigenvalue weighted by Crippen LogP contribution is -2.39. The molecular formula is C23H28N10O2. The summed E-state index contributed by atoms with van der Waals surface area (Å²) in [5.74, 6) is -0.221. The molecule has 182 valence electrons. The number of rotatable bonds is 8. The molecule has 0 unspecified atom stereocenters. The number of hydrogen-bond acceptors (Lipinski definition) is 9. The zero-order chi connectivity index (χ0) is 24.9. The van der Waals surface area contributed by atoms with Gasteiger partial charge in [0, 0.05) is 25.5 Å². The fourth-order valence-corrected chi connectivity index (χ4v) is 4.02. The van der Waals surface area contributed by atoms with Crippen molar-refractivity contribution in [1.29, 1.82) is 0 Å². The second-order valence-electron chi connectivity index (χ2n) is 8.20. The number of nitrogens with one attached hydrogen (secondary N) is 2. The maximum absolute atomic E-state index is 12.0. The molecule has 0 bridgehead atoms. The Kier molecular flexibility index (Phi) is 6.99. The van der Waals surface area contributed by atoms with E-state index >= 15 is 0 Å². The number of carbonyl (C=O) groups excluding carboxylic acids is 2. The van der Waals surface area contributed by atoms with Crippen LogP contribution in [0.25, 0.3) is 0 Å². The van der Waals surface area contributed by atoms with Crippen LogP contribution in [0.1, 0.15) is 47.6 Å². The first-order chi connectivity index (χ1) is 16.9. The highest BCUT2D eigenvalue weighted by Crippen LogP contribution is 2.26. The standard InChI is InChI=1S/C23H28N10O2/c1-4-18-20(14(3)26-13-27-18)30-22-17(21(24)35)10-25-23(31-22)29-15-9-28-33(11-15)16-7-6-8-32(12-16)19(34)5-2/h5,9-11,13,16H,2,4,6-8,12H2,1,3H3,(H2,24,35)(H2,25,29,30,31)/t16-/m1/s1. The van der Waals surface area contributed by atoms with Crippen LogP contribution in [0.4, 0.5) is 23.1 Å². The smallest absolute Gasteiger partial charge is 0.254 e. The zero-order valence-corrected chi connectivity index (χ0v) is 19.7. The molecule has 35 heavy (non-hydrogen) atoms. The number of primary amides is 1.